The number of nitrogens with zero attached hydrogens (tertiary/aromatic N) is 1. The summed E-state index contributed by atoms with van der Waals surface area (Å²) < 4.78 is 11.6. The van der Waals surface area contributed by atoms with Crippen molar-refractivity contribution in [1.82, 2.24) is 0 Å². The van der Waals surface area contributed by atoms with Crippen LogP contribution in [0.4, 0.5) is 0 Å². The number of rotatable bonds is 4. The van der Waals surface area contributed by atoms with Gasteiger partial charge in [-0.25, -0.2) is 0 Å². The molecule has 1 N–H and O–H groups in total. The molecular weight excluding hydrogens is 242 g/mol. The van der Waals surface area contributed by atoms with Gasteiger partial charge in [0.2, 0.25) is 0 Å². The normalized spacial score (nSPS) is 25.8. The number of aliphatic hydroxyl groups is 1. The number of aliphatic hydroxyl groups excluding tert-OH is 1. The van der Waals surface area contributed by atoms with Gasteiger partial charge in [-0.3, -0.25) is 0 Å². The number of methoxy groups -OCH3 is 2. The predicted molar refractivity (Wildman–Crippen MR) is 74.7 cm³/mol. The van der Waals surface area contributed by atoms with E-state index in [0.717, 1.165) is 35.5 Å². The fourth-order valence-electron chi connectivity index (χ4n) is 2.98. The summed E-state index contributed by atoms with van der Waals surface area (Å²) in [6, 6.07) is 4.54. The zero-order chi connectivity index (χ0) is 14.0. The molecule has 0 aromatic heterocycles. The average molecular weight is 266 g/mol. The third-order valence-electron chi connectivity index (χ3n) is 4.53. The van der Waals surface area contributed by atoms with E-state index in [9.17, 15) is 5.11 Å². The van der Waals surface area contributed by atoms with Crippen molar-refractivity contribution in [3.63, 3.8) is 0 Å². The van der Waals surface area contributed by atoms with Gasteiger partial charge in [0.1, 0.15) is 12.6 Å². The lowest BCUT2D eigenvalue weighted by molar-refractivity contribution is -0.939. The highest BCUT2D eigenvalue weighted by atomic mass is 16.5. The van der Waals surface area contributed by atoms with Crippen LogP contribution >= 0.6 is 0 Å². The van der Waals surface area contributed by atoms with Crippen molar-refractivity contribution < 1.29 is 19.1 Å². The van der Waals surface area contributed by atoms with Crippen LogP contribution in [0.5, 0.6) is 11.5 Å². The number of likely N-dealkylation sites (N-methyl/N-ethyl adjacent to an activating group) is 1. The molecule has 1 aliphatic rings. The minimum Gasteiger partial charge on any atom is -0.493 e. The van der Waals surface area contributed by atoms with Gasteiger partial charge in [0.15, 0.2) is 11.5 Å². The second kappa shape index (κ2) is 5.39. The molecule has 2 atom stereocenters. The monoisotopic (exact) mass is 266 g/mol. The standard InChI is InChI=1S/C15H24NO3/c1-11-13-10-15(19-4)14(18-3)9-12(13)5-6-16(11,2)7-8-17/h9-11,17H,5-8H2,1-4H3/q+1/t11-,16?/m0/s1. The van der Waals surface area contributed by atoms with E-state index in [2.05, 4.69) is 26.1 Å². The Hall–Kier alpha value is -1.26. The third-order valence-corrected chi connectivity index (χ3v) is 4.53. The smallest absolute Gasteiger partial charge is 0.161 e. The van der Waals surface area contributed by atoms with Crippen LogP contribution in [-0.2, 0) is 6.42 Å². The molecule has 1 aliphatic heterocycles. The van der Waals surface area contributed by atoms with E-state index in [1.54, 1.807) is 14.2 Å². The van der Waals surface area contributed by atoms with Crippen LogP contribution in [0.2, 0.25) is 0 Å². The quantitative estimate of drug-likeness (QED) is 0.844. The van der Waals surface area contributed by atoms with Crippen LogP contribution in [0.3, 0.4) is 0 Å². The molecule has 0 fully saturated rings. The van der Waals surface area contributed by atoms with Crippen LogP contribution in [0.25, 0.3) is 0 Å². The van der Waals surface area contributed by atoms with Crippen molar-refractivity contribution in [2.75, 3.05) is 41.0 Å². The summed E-state index contributed by atoms with van der Waals surface area (Å²) in [5.74, 6) is 1.58. The minimum absolute atomic E-state index is 0.226. The molecule has 0 spiro atoms. The Morgan fingerprint density at radius 2 is 1.89 bits per heavy atom. The molecular formula is C15H24NO3+. The Labute approximate surface area is 115 Å². The molecule has 0 saturated heterocycles. The Morgan fingerprint density at radius 3 is 2.47 bits per heavy atom. The van der Waals surface area contributed by atoms with Crippen molar-refractivity contribution in [3.05, 3.63) is 23.3 Å². The number of fused-ring (bicyclic) bond motifs is 1. The van der Waals surface area contributed by atoms with Crippen molar-refractivity contribution in [2.45, 2.75) is 19.4 Å². The number of ether oxygens (including phenoxy) is 2. The molecule has 0 amide bonds. The average Bonchev–Trinajstić information content (AvgIpc) is 2.42. The lowest BCUT2D eigenvalue weighted by Crippen LogP contribution is -2.51. The maximum absolute atomic E-state index is 9.27. The minimum atomic E-state index is 0.226. The summed E-state index contributed by atoms with van der Waals surface area (Å²) in [7, 11) is 5.54. The lowest BCUT2D eigenvalue weighted by Gasteiger charge is -2.44. The van der Waals surface area contributed by atoms with E-state index < -0.39 is 0 Å². The highest BCUT2D eigenvalue weighted by Gasteiger charge is 2.36. The first-order chi connectivity index (χ1) is 9.05. The summed E-state index contributed by atoms with van der Waals surface area (Å²) in [4.78, 5) is 0. The first-order valence-electron chi connectivity index (χ1n) is 6.75. The number of benzene rings is 1. The molecule has 2 rings (SSSR count). The molecule has 1 unspecified atom stereocenters. The summed E-state index contributed by atoms with van der Waals surface area (Å²) in [5.41, 5.74) is 2.64. The molecule has 0 bridgehead atoms. The van der Waals surface area contributed by atoms with E-state index in [4.69, 9.17) is 9.47 Å². The molecule has 4 nitrogen and oxygen atoms in total. The fourth-order valence-corrected chi connectivity index (χ4v) is 2.98. The van der Waals surface area contributed by atoms with E-state index >= 15 is 0 Å². The topological polar surface area (TPSA) is 38.7 Å². The maximum Gasteiger partial charge on any atom is 0.161 e. The Bertz CT molecular complexity index is 461. The van der Waals surface area contributed by atoms with Gasteiger partial charge in [0, 0.05) is 12.0 Å². The third kappa shape index (κ3) is 2.42. The first kappa shape index (κ1) is 14.2. The number of hydrogen-bond donors (Lipinski definition) is 1. The molecule has 0 radical (unpaired) electrons. The summed E-state index contributed by atoms with van der Waals surface area (Å²) >= 11 is 0. The van der Waals surface area contributed by atoms with Crippen molar-refractivity contribution in [3.8, 4) is 11.5 Å². The van der Waals surface area contributed by atoms with Crippen LogP contribution in [0, 0.1) is 0 Å². The van der Waals surface area contributed by atoms with Crippen LogP contribution in [0.15, 0.2) is 12.1 Å². The maximum atomic E-state index is 9.27. The zero-order valence-corrected chi connectivity index (χ0v) is 12.3. The summed E-state index contributed by atoms with van der Waals surface area (Å²) in [5, 5.41) is 9.27. The second-order valence-corrected chi connectivity index (χ2v) is 5.48. The van der Waals surface area contributed by atoms with Crippen LogP contribution in [0.1, 0.15) is 24.1 Å². The van der Waals surface area contributed by atoms with Gasteiger partial charge in [0.25, 0.3) is 0 Å². The van der Waals surface area contributed by atoms with Gasteiger partial charge in [-0.15, -0.1) is 0 Å². The van der Waals surface area contributed by atoms with Crippen LogP contribution < -0.4 is 9.47 Å². The van der Waals surface area contributed by atoms with Crippen LogP contribution in [-0.4, -0.2) is 50.6 Å². The Kier molecular flexibility index (Phi) is 4.02. The van der Waals surface area contributed by atoms with Gasteiger partial charge >= 0.3 is 0 Å². The summed E-state index contributed by atoms with van der Waals surface area (Å²) in [6.45, 7) is 4.28. The molecule has 1 heterocycles. The van der Waals surface area contributed by atoms with Gasteiger partial charge in [-0.05, 0) is 24.6 Å². The van der Waals surface area contributed by atoms with E-state index in [1.807, 2.05) is 0 Å². The molecule has 1 aromatic carbocycles. The number of quaternary nitrogens is 1. The largest absolute Gasteiger partial charge is 0.493 e. The highest BCUT2D eigenvalue weighted by molar-refractivity contribution is 5.48. The fraction of sp³-hybridized carbons (Fsp3) is 0.600. The molecule has 106 valence electrons. The van der Waals surface area contributed by atoms with Gasteiger partial charge in [-0.1, -0.05) is 0 Å². The second-order valence-electron chi connectivity index (χ2n) is 5.48. The predicted octanol–water partition coefficient (Wildman–Crippen LogP) is 1.76. The molecule has 0 saturated carbocycles. The molecule has 1 aromatic rings. The van der Waals surface area contributed by atoms with E-state index in [1.165, 1.54) is 11.1 Å². The van der Waals surface area contributed by atoms with Gasteiger partial charge in [-0.2, -0.15) is 0 Å². The Morgan fingerprint density at radius 1 is 1.26 bits per heavy atom. The molecule has 4 heteroatoms. The first-order valence-corrected chi connectivity index (χ1v) is 6.75. The molecule has 19 heavy (non-hydrogen) atoms. The van der Waals surface area contributed by atoms with Gasteiger partial charge in [0.05, 0.1) is 34.4 Å². The number of hydrogen-bond acceptors (Lipinski definition) is 3. The Balaban J connectivity index is 2.43. The molecule has 0 aliphatic carbocycles. The SMILES string of the molecule is COc1cc2c(cc1OC)[C@H](C)[N+](C)(CCO)CC2. The van der Waals surface area contributed by atoms with Crippen molar-refractivity contribution in [2.24, 2.45) is 0 Å². The highest BCUT2D eigenvalue weighted by Crippen LogP contribution is 2.40. The van der Waals surface area contributed by atoms with Crippen molar-refractivity contribution in [1.29, 1.82) is 0 Å². The summed E-state index contributed by atoms with van der Waals surface area (Å²) in [6.07, 6.45) is 1.01. The van der Waals surface area contributed by atoms with E-state index in [0.29, 0.717) is 6.04 Å². The van der Waals surface area contributed by atoms with E-state index in [-0.39, 0.29) is 6.61 Å². The zero-order valence-electron chi connectivity index (χ0n) is 12.3. The lowest BCUT2D eigenvalue weighted by atomic mass is 9.91. The van der Waals surface area contributed by atoms with Gasteiger partial charge < -0.3 is 19.1 Å². The van der Waals surface area contributed by atoms with Crippen molar-refractivity contribution >= 4 is 0 Å².